The number of hydrogen-bond donors (Lipinski definition) is 3. The van der Waals surface area contributed by atoms with Crippen molar-refractivity contribution in [2.45, 2.75) is 30.9 Å². The van der Waals surface area contributed by atoms with Gasteiger partial charge in [0.25, 0.3) is 0 Å². The number of rotatable bonds is 7. The Morgan fingerprint density at radius 1 is 1.22 bits per heavy atom. The highest BCUT2D eigenvalue weighted by Crippen LogP contribution is 2.22. The Hall–Kier alpha value is -3.01. The minimum atomic E-state index is -3.85. The molecule has 168 valence electrons. The van der Waals surface area contributed by atoms with Crippen molar-refractivity contribution in [3.8, 4) is 5.75 Å². The molecule has 1 aromatic heterocycles. The number of sulfonamides is 1. The zero-order valence-electron chi connectivity index (χ0n) is 17.6. The van der Waals surface area contributed by atoms with E-state index in [0.29, 0.717) is 25.3 Å². The number of benzene rings is 2. The molecule has 2 aromatic carbocycles. The van der Waals surface area contributed by atoms with Gasteiger partial charge < -0.3 is 15.2 Å². The van der Waals surface area contributed by atoms with Gasteiger partial charge in [0.05, 0.1) is 16.3 Å². The van der Waals surface area contributed by atoms with Crippen LogP contribution in [0.1, 0.15) is 17.7 Å². The summed E-state index contributed by atoms with van der Waals surface area (Å²) in [5.41, 5.74) is 2.79. The number of aliphatic carboxylic acids is 1. The van der Waals surface area contributed by atoms with Crippen molar-refractivity contribution in [1.29, 1.82) is 0 Å². The quantitative estimate of drug-likeness (QED) is 0.501. The number of piperidine rings is 1. The van der Waals surface area contributed by atoms with E-state index in [1.165, 1.54) is 12.1 Å². The third-order valence-corrected chi connectivity index (χ3v) is 7.07. The van der Waals surface area contributed by atoms with Gasteiger partial charge in [-0.1, -0.05) is 18.2 Å². The first-order valence-corrected chi connectivity index (χ1v) is 11.9. The van der Waals surface area contributed by atoms with Crippen LogP contribution in [0.5, 0.6) is 5.75 Å². The highest BCUT2D eigenvalue weighted by atomic mass is 32.2. The summed E-state index contributed by atoms with van der Waals surface area (Å²) in [5, 5.41) is 13.3. The first-order chi connectivity index (χ1) is 15.3. The van der Waals surface area contributed by atoms with Crippen LogP contribution in [0.15, 0.2) is 59.5 Å². The lowest BCUT2D eigenvalue weighted by Crippen LogP contribution is -2.52. The molecular formula is C23H25N3O5S. The summed E-state index contributed by atoms with van der Waals surface area (Å²) in [6.45, 7) is 3.05. The highest BCUT2D eigenvalue weighted by molar-refractivity contribution is 7.89. The van der Waals surface area contributed by atoms with Gasteiger partial charge in [0, 0.05) is 29.2 Å². The molecule has 1 saturated heterocycles. The molecule has 4 rings (SSSR count). The lowest BCUT2D eigenvalue weighted by atomic mass is 9.94. The summed E-state index contributed by atoms with van der Waals surface area (Å²) in [7, 11) is -3.85. The maximum Gasteiger partial charge on any atom is 0.309 e. The van der Waals surface area contributed by atoms with E-state index in [1.807, 2.05) is 37.3 Å². The number of pyridine rings is 1. The SMILES string of the molecule is Cc1cc(COc2ccc(S(=O)(=O)N[C@@H]3CCNC[C@@H]3C(=O)O)cc2)c2ccccc2n1. The van der Waals surface area contributed by atoms with Crippen LogP contribution < -0.4 is 14.8 Å². The number of aryl methyl sites for hydroxylation is 1. The van der Waals surface area contributed by atoms with Gasteiger partial charge in [0.1, 0.15) is 12.4 Å². The van der Waals surface area contributed by atoms with Crippen LogP contribution in [0.4, 0.5) is 0 Å². The third kappa shape index (κ3) is 4.90. The van der Waals surface area contributed by atoms with E-state index in [0.717, 1.165) is 22.2 Å². The number of ether oxygens (including phenoxy) is 1. The Balaban J connectivity index is 1.46. The molecule has 1 aliphatic rings. The second kappa shape index (κ2) is 9.23. The molecule has 2 atom stereocenters. The predicted molar refractivity (Wildman–Crippen MR) is 120 cm³/mol. The van der Waals surface area contributed by atoms with Crippen LogP contribution in [0, 0.1) is 12.8 Å². The molecule has 3 N–H and O–H groups in total. The number of nitrogens with zero attached hydrogens (tertiary/aromatic N) is 1. The summed E-state index contributed by atoms with van der Waals surface area (Å²) in [6.07, 6.45) is 0.413. The van der Waals surface area contributed by atoms with E-state index in [2.05, 4.69) is 15.0 Å². The second-order valence-electron chi connectivity index (χ2n) is 7.87. The van der Waals surface area contributed by atoms with Crippen molar-refractivity contribution in [3.05, 3.63) is 65.9 Å². The topological polar surface area (TPSA) is 118 Å². The molecular weight excluding hydrogens is 430 g/mol. The van der Waals surface area contributed by atoms with E-state index >= 15 is 0 Å². The smallest absolute Gasteiger partial charge is 0.309 e. The van der Waals surface area contributed by atoms with Crippen LogP contribution in [0.25, 0.3) is 10.9 Å². The number of hydrogen-bond acceptors (Lipinski definition) is 6. The van der Waals surface area contributed by atoms with Crippen LogP contribution in [0.2, 0.25) is 0 Å². The Labute approximate surface area is 186 Å². The van der Waals surface area contributed by atoms with E-state index < -0.39 is 28.0 Å². The van der Waals surface area contributed by atoms with Crippen LogP contribution in [-0.2, 0) is 21.4 Å². The van der Waals surface area contributed by atoms with Gasteiger partial charge in [0.15, 0.2) is 0 Å². The fourth-order valence-electron chi connectivity index (χ4n) is 3.92. The molecule has 0 amide bonds. The number of nitrogens with one attached hydrogen (secondary N) is 2. The third-order valence-electron chi connectivity index (χ3n) is 5.56. The molecule has 0 unspecified atom stereocenters. The Morgan fingerprint density at radius 2 is 1.97 bits per heavy atom. The number of aromatic nitrogens is 1. The molecule has 8 nitrogen and oxygen atoms in total. The molecule has 0 aliphatic carbocycles. The van der Waals surface area contributed by atoms with Crippen molar-refractivity contribution >= 4 is 26.9 Å². The molecule has 1 aliphatic heterocycles. The normalized spacial score (nSPS) is 19.0. The fraction of sp³-hybridized carbons (Fsp3) is 0.304. The van der Waals surface area contributed by atoms with Crippen molar-refractivity contribution in [1.82, 2.24) is 15.0 Å². The number of carboxylic acid groups (broad SMARTS) is 1. The lowest BCUT2D eigenvalue weighted by Gasteiger charge is -2.29. The van der Waals surface area contributed by atoms with E-state index in [1.54, 1.807) is 12.1 Å². The van der Waals surface area contributed by atoms with E-state index in [9.17, 15) is 18.3 Å². The Kier molecular flexibility index (Phi) is 6.40. The first-order valence-electron chi connectivity index (χ1n) is 10.4. The number of para-hydroxylation sites is 1. The molecule has 0 saturated carbocycles. The molecule has 3 aromatic rings. The highest BCUT2D eigenvalue weighted by Gasteiger charge is 2.34. The monoisotopic (exact) mass is 455 g/mol. The van der Waals surface area contributed by atoms with Gasteiger partial charge in [-0.15, -0.1) is 0 Å². The number of fused-ring (bicyclic) bond motifs is 1. The summed E-state index contributed by atoms with van der Waals surface area (Å²) in [5.74, 6) is -1.29. The van der Waals surface area contributed by atoms with Crippen LogP contribution in [-0.4, -0.2) is 43.6 Å². The molecule has 9 heteroatoms. The maximum absolute atomic E-state index is 12.8. The molecule has 2 heterocycles. The number of carboxylic acids is 1. The van der Waals surface area contributed by atoms with Gasteiger partial charge >= 0.3 is 5.97 Å². The first kappa shape index (κ1) is 22.2. The fourth-order valence-corrected chi connectivity index (χ4v) is 5.23. The van der Waals surface area contributed by atoms with Crippen molar-refractivity contribution in [3.63, 3.8) is 0 Å². The minimum absolute atomic E-state index is 0.0673. The molecule has 0 spiro atoms. The average molecular weight is 456 g/mol. The molecule has 0 radical (unpaired) electrons. The van der Waals surface area contributed by atoms with Crippen LogP contribution >= 0.6 is 0 Å². The molecule has 0 bridgehead atoms. The van der Waals surface area contributed by atoms with Gasteiger partial charge in [-0.25, -0.2) is 13.1 Å². The van der Waals surface area contributed by atoms with Gasteiger partial charge in [-0.3, -0.25) is 9.78 Å². The predicted octanol–water partition coefficient (Wildman–Crippen LogP) is 2.46. The van der Waals surface area contributed by atoms with Crippen molar-refractivity contribution in [2.24, 2.45) is 5.92 Å². The summed E-state index contributed by atoms with van der Waals surface area (Å²) in [6, 6.07) is 15.3. The summed E-state index contributed by atoms with van der Waals surface area (Å²) in [4.78, 5) is 16.0. The average Bonchev–Trinajstić information content (AvgIpc) is 2.77. The standard InChI is InChI=1S/C23H25N3O5S/c1-15-12-16(19-4-2-3-5-21(19)25-15)14-31-17-6-8-18(9-7-17)32(29,30)26-22-10-11-24-13-20(22)23(27)28/h2-9,12,20,22,24,26H,10-11,13-14H2,1H3,(H,27,28)/t20-,22+/m0/s1. The van der Waals surface area contributed by atoms with E-state index in [4.69, 9.17) is 4.74 Å². The Morgan fingerprint density at radius 3 is 2.72 bits per heavy atom. The molecule has 1 fully saturated rings. The van der Waals surface area contributed by atoms with Gasteiger partial charge in [-0.2, -0.15) is 0 Å². The second-order valence-corrected chi connectivity index (χ2v) is 9.58. The number of carbonyl (C=O) groups is 1. The van der Waals surface area contributed by atoms with Gasteiger partial charge in [-0.05, 0) is 56.3 Å². The van der Waals surface area contributed by atoms with Crippen molar-refractivity contribution < 1.29 is 23.1 Å². The summed E-state index contributed by atoms with van der Waals surface area (Å²) < 4.78 is 34.0. The summed E-state index contributed by atoms with van der Waals surface area (Å²) >= 11 is 0. The van der Waals surface area contributed by atoms with Crippen LogP contribution in [0.3, 0.4) is 0 Å². The molecule has 32 heavy (non-hydrogen) atoms. The zero-order chi connectivity index (χ0) is 22.7. The maximum atomic E-state index is 12.8. The lowest BCUT2D eigenvalue weighted by molar-refractivity contribution is -0.142. The zero-order valence-corrected chi connectivity index (χ0v) is 18.4. The minimum Gasteiger partial charge on any atom is -0.489 e. The largest absolute Gasteiger partial charge is 0.489 e. The Bertz CT molecular complexity index is 1230. The van der Waals surface area contributed by atoms with E-state index in [-0.39, 0.29) is 11.4 Å². The van der Waals surface area contributed by atoms with Gasteiger partial charge in [0.2, 0.25) is 10.0 Å². The van der Waals surface area contributed by atoms with Crippen molar-refractivity contribution in [2.75, 3.05) is 13.1 Å².